The molecule has 1 heterocycles. The van der Waals surface area contributed by atoms with Crippen LogP contribution in [0.2, 0.25) is 0 Å². The summed E-state index contributed by atoms with van der Waals surface area (Å²) < 4.78 is 5.68. The van der Waals surface area contributed by atoms with E-state index in [1.165, 1.54) is 0 Å². The van der Waals surface area contributed by atoms with E-state index in [-0.39, 0.29) is 5.56 Å². The van der Waals surface area contributed by atoms with Crippen molar-refractivity contribution < 1.29 is 9.84 Å². The molecule has 26 heavy (non-hydrogen) atoms. The van der Waals surface area contributed by atoms with Crippen LogP contribution in [-0.2, 0) is 0 Å². The molecule has 0 radical (unpaired) electrons. The van der Waals surface area contributed by atoms with Gasteiger partial charge in [0.2, 0.25) is 0 Å². The van der Waals surface area contributed by atoms with Crippen molar-refractivity contribution in [2.45, 2.75) is 53.1 Å². The minimum atomic E-state index is -0.598. The molecule has 0 bridgehead atoms. The standard InChI is InChI=1S/C20H27N3O3/c1-5-8-15(21)18-12(4)20(25)23-19(22-18)14-11-13(16(24)6-2)9-10-17(14)26-7-3/h9-11,16,21,24H,5-8H2,1-4H3,(H,22,23,25). The molecule has 0 saturated heterocycles. The van der Waals surface area contributed by atoms with Gasteiger partial charge in [0, 0.05) is 5.56 Å². The summed E-state index contributed by atoms with van der Waals surface area (Å²) in [4.78, 5) is 19.7. The largest absolute Gasteiger partial charge is 0.493 e. The Morgan fingerprint density at radius 2 is 2.08 bits per heavy atom. The van der Waals surface area contributed by atoms with Crippen LogP contribution in [0.5, 0.6) is 5.75 Å². The molecule has 1 atom stereocenters. The molecule has 0 aliphatic heterocycles. The molecular weight excluding hydrogens is 330 g/mol. The highest BCUT2D eigenvalue weighted by Gasteiger charge is 2.17. The summed E-state index contributed by atoms with van der Waals surface area (Å²) in [5.74, 6) is 0.935. The fraction of sp³-hybridized carbons (Fsp3) is 0.450. The van der Waals surface area contributed by atoms with Gasteiger partial charge in [-0.15, -0.1) is 0 Å². The van der Waals surface area contributed by atoms with Gasteiger partial charge in [0.05, 0.1) is 29.7 Å². The highest BCUT2D eigenvalue weighted by atomic mass is 16.5. The number of aromatic amines is 1. The summed E-state index contributed by atoms with van der Waals surface area (Å²) in [5.41, 5.74) is 2.28. The summed E-state index contributed by atoms with van der Waals surface area (Å²) >= 11 is 0. The van der Waals surface area contributed by atoms with E-state index in [1.807, 2.05) is 26.8 Å². The third-order valence-corrected chi connectivity index (χ3v) is 4.27. The predicted molar refractivity (Wildman–Crippen MR) is 103 cm³/mol. The van der Waals surface area contributed by atoms with Gasteiger partial charge in [-0.1, -0.05) is 26.3 Å². The van der Waals surface area contributed by atoms with Crippen molar-refractivity contribution in [2.24, 2.45) is 0 Å². The van der Waals surface area contributed by atoms with Crippen molar-refractivity contribution in [1.29, 1.82) is 5.41 Å². The monoisotopic (exact) mass is 357 g/mol. The van der Waals surface area contributed by atoms with Gasteiger partial charge in [0.25, 0.3) is 5.56 Å². The molecule has 1 aromatic carbocycles. The molecular formula is C20H27N3O3. The molecule has 2 rings (SSSR count). The number of benzene rings is 1. The molecule has 3 N–H and O–H groups in total. The van der Waals surface area contributed by atoms with Gasteiger partial charge in [0.15, 0.2) is 0 Å². The predicted octanol–water partition coefficient (Wildman–Crippen LogP) is 3.76. The van der Waals surface area contributed by atoms with Gasteiger partial charge in [-0.05, 0) is 44.4 Å². The Hall–Kier alpha value is -2.47. The Labute approximate surface area is 153 Å². The van der Waals surface area contributed by atoms with Crippen molar-refractivity contribution in [2.75, 3.05) is 6.61 Å². The lowest BCUT2D eigenvalue weighted by Gasteiger charge is -2.15. The van der Waals surface area contributed by atoms with Crippen LogP contribution in [0.4, 0.5) is 0 Å². The maximum atomic E-state index is 12.4. The Balaban J connectivity index is 2.65. The first-order valence-electron chi connectivity index (χ1n) is 9.06. The highest BCUT2D eigenvalue weighted by Crippen LogP contribution is 2.31. The van der Waals surface area contributed by atoms with Crippen LogP contribution < -0.4 is 10.3 Å². The minimum Gasteiger partial charge on any atom is -0.493 e. The molecule has 140 valence electrons. The van der Waals surface area contributed by atoms with E-state index in [0.717, 1.165) is 12.0 Å². The second-order valence-electron chi connectivity index (χ2n) is 6.23. The molecule has 0 aliphatic rings. The molecule has 2 aromatic rings. The first kappa shape index (κ1) is 19.8. The number of rotatable bonds is 8. The third-order valence-electron chi connectivity index (χ3n) is 4.27. The van der Waals surface area contributed by atoms with Crippen LogP contribution in [0, 0.1) is 12.3 Å². The number of nitrogens with zero attached hydrogens (tertiary/aromatic N) is 1. The Bertz CT molecular complexity index is 843. The summed E-state index contributed by atoms with van der Waals surface area (Å²) in [5, 5.41) is 18.4. The maximum absolute atomic E-state index is 12.4. The Kier molecular flexibility index (Phi) is 6.69. The van der Waals surface area contributed by atoms with Gasteiger partial charge in [-0.2, -0.15) is 0 Å². The van der Waals surface area contributed by atoms with Crippen LogP contribution >= 0.6 is 0 Å². The summed E-state index contributed by atoms with van der Waals surface area (Å²) in [7, 11) is 0. The van der Waals surface area contributed by atoms with E-state index in [4.69, 9.17) is 10.1 Å². The van der Waals surface area contributed by atoms with E-state index in [2.05, 4.69) is 9.97 Å². The number of nitrogens with one attached hydrogen (secondary N) is 2. The first-order chi connectivity index (χ1) is 12.4. The zero-order chi connectivity index (χ0) is 19.3. The van der Waals surface area contributed by atoms with Gasteiger partial charge < -0.3 is 20.2 Å². The van der Waals surface area contributed by atoms with Gasteiger partial charge in [-0.3, -0.25) is 4.79 Å². The quantitative estimate of drug-likeness (QED) is 0.626. The highest BCUT2D eigenvalue weighted by molar-refractivity contribution is 5.97. The van der Waals surface area contributed by atoms with Crippen LogP contribution in [0.3, 0.4) is 0 Å². The topological polar surface area (TPSA) is 99.1 Å². The number of hydrogen-bond donors (Lipinski definition) is 3. The summed E-state index contributed by atoms with van der Waals surface area (Å²) in [6.07, 6.45) is 1.35. The van der Waals surface area contributed by atoms with Crippen LogP contribution in [0.25, 0.3) is 11.4 Å². The van der Waals surface area contributed by atoms with Crippen LogP contribution in [0.1, 0.15) is 63.0 Å². The van der Waals surface area contributed by atoms with Crippen molar-refractivity contribution >= 4 is 5.71 Å². The lowest BCUT2D eigenvalue weighted by molar-refractivity contribution is 0.173. The van der Waals surface area contributed by atoms with Crippen molar-refractivity contribution in [3.63, 3.8) is 0 Å². The number of ether oxygens (including phenoxy) is 1. The molecule has 1 aromatic heterocycles. The van der Waals surface area contributed by atoms with E-state index in [9.17, 15) is 9.90 Å². The number of aromatic nitrogens is 2. The summed E-state index contributed by atoms with van der Waals surface area (Å²) in [6, 6.07) is 5.39. The van der Waals surface area contributed by atoms with Crippen LogP contribution in [-0.4, -0.2) is 27.4 Å². The molecule has 0 spiro atoms. The zero-order valence-electron chi connectivity index (χ0n) is 15.8. The Morgan fingerprint density at radius 3 is 2.69 bits per heavy atom. The first-order valence-corrected chi connectivity index (χ1v) is 9.06. The molecule has 6 nitrogen and oxygen atoms in total. The molecule has 1 unspecified atom stereocenters. The molecule has 0 aliphatic carbocycles. The van der Waals surface area contributed by atoms with Crippen molar-refractivity contribution in [1.82, 2.24) is 9.97 Å². The fourth-order valence-electron chi connectivity index (χ4n) is 2.78. The number of aliphatic hydroxyl groups excluding tert-OH is 1. The summed E-state index contributed by atoms with van der Waals surface area (Å²) in [6.45, 7) is 7.91. The Morgan fingerprint density at radius 1 is 1.35 bits per heavy atom. The molecule has 0 fully saturated rings. The van der Waals surface area contributed by atoms with Crippen molar-refractivity contribution in [3.05, 3.63) is 45.4 Å². The van der Waals surface area contributed by atoms with Crippen molar-refractivity contribution in [3.8, 4) is 17.1 Å². The molecule has 6 heteroatoms. The van der Waals surface area contributed by atoms with E-state index in [1.54, 1.807) is 19.1 Å². The van der Waals surface area contributed by atoms with E-state index >= 15 is 0 Å². The zero-order valence-corrected chi connectivity index (χ0v) is 15.8. The number of H-pyrrole nitrogens is 1. The van der Waals surface area contributed by atoms with Gasteiger partial charge in [-0.25, -0.2) is 4.98 Å². The molecule has 0 amide bonds. The lowest BCUT2D eigenvalue weighted by Crippen LogP contribution is -2.19. The lowest BCUT2D eigenvalue weighted by atomic mass is 10.0. The average molecular weight is 357 g/mol. The third kappa shape index (κ3) is 4.19. The second-order valence-corrected chi connectivity index (χ2v) is 6.23. The van der Waals surface area contributed by atoms with Gasteiger partial charge in [0.1, 0.15) is 11.6 Å². The number of hydrogen-bond acceptors (Lipinski definition) is 5. The normalized spacial score (nSPS) is 12.0. The smallest absolute Gasteiger partial charge is 0.254 e. The SMILES string of the molecule is CCCC(=N)c1nc(-c2cc(C(O)CC)ccc2OCC)[nH]c(=O)c1C. The number of aliphatic hydroxyl groups is 1. The minimum absolute atomic E-state index is 0.269. The maximum Gasteiger partial charge on any atom is 0.254 e. The second kappa shape index (κ2) is 8.76. The fourth-order valence-corrected chi connectivity index (χ4v) is 2.78. The van der Waals surface area contributed by atoms with E-state index < -0.39 is 6.10 Å². The van der Waals surface area contributed by atoms with E-state index in [0.29, 0.717) is 53.6 Å². The van der Waals surface area contributed by atoms with Gasteiger partial charge >= 0.3 is 0 Å². The molecule has 0 saturated carbocycles. The average Bonchev–Trinajstić information content (AvgIpc) is 2.64. The van der Waals surface area contributed by atoms with Crippen LogP contribution in [0.15, 0.2) is 23.0 Å².